The first-order chi connectivity index (χ1) is 7.11. The molecule has 0 aliphatic heterocycles. The maximum Gasteiger partial charge on any atom is 0.410 e. The van der Waals surface area contributed by atoms with Gasteiger partial charge in [0, 0.05) is 0 Å². The number of hydrogen-bond donors (Lipinski definition) is 1. The molecule has 94 valence electrons. The lowest BCUT2D eigenvalue weighted by Crippen LogP contribution is -2.42. The van der Waals surface area contributed by atoms with E-state index in [1.54, 1.807) is 20.8 Å². The summed E-state index contributed by atoms with van der Waals surface area (Å²) in [5, 5.41) is 8.57. The van der Waals surface area contributed by atoms with Gasteiger partial charge in [0.2, 0.25) is 0 Å². The maximum atomic E-state index is 12.8. The van der Waals surface area contributed by atoms with Crippen LogP contribution in [0, 0.1) is 0 Å². The number of hydrogen-bond acceptors (Lipinski definition) is 3. The quantitative estimate of drug-likeness (QED) is 0.804. The molecule has 0 heterocycles. The van der Waals surface area contributed by atoms with Gasteiger partial charge < -0.3 is 9.84 Å². The molecule has 16 heavy (non-hydrogen) atoms. The fourth-order valence-corrected chi connectivity index (χ4v) is 0.997. The second-order valence-electron chi connectivity index (χ2n) is 4.54. The van der Waals surface area contributed by atoms with Gasteiger partial charge in [-0.2, -0.15) is 0 Å². The van der Waals surface area contributed by atoms with Crippen molar-refractivity contribution in [2.75, 3.05) is 13.1 Å². The lowest BCUT2D eigenvalue weighted by molar-refractivity contribution is -0.138. The van der Waals surface area contributed by atoms with Gasteiger partial charge in [-0.3, -0.25) is 9.69 Å². The zero-order valence-corrected chi connectivity index (χ0v) is 9.99. The fourth-order valence-electron chi connectivity index (χ4n) is 0.997. The van der Waals surface area contributed by atoms with Gasteiger partial charge >= 0.3 is 12.1 Å². The van der Waals surface area contributed by atoms with Crippen LogP contribution in [0.25, 0.3) is 0 Å². The van der Waals surface area contributed by atoms with E-state index in [4.69, 9.17) is 9.84 Å². The number of alkyl halides is 1. The van der Waals surface area contributed by atoms with Gasteiger partial charge in [0.1, 0.15) is 18.3 Å². The number of rotatable bonds is 4. The van der Waals surface area contributed by atoms with E-state index in [9.17, 15) is 14.0 Å². The summed E-state index contributed by atoms with van der Waals surface area (Å²) < 4.78 is 17.7. The van der Waals surface area contributed by atoms with Crippen molar-refractivity contribution in [3.8, 4) is 0 Å². The topological polar surface area (TPSA) is 66.8 Å². The molecule has 0 saturated carbocycles. The van der Waals surface area contributed by atoms with E-state index in [1.807, 2.05) is 0 Å². The molecule has 0 bridgehead atoms. The molecule has 0 saturated heterocycles. The SMILES string of the molecule is C[C@@H](F)CN(CC(=O)O)C(=O)OC(C)(C)C. The number of carbonyl (C=O) groups is 2. The summed E-state index contributed by atoms with van der Waals surface area (Å²) in [4.78, 5) is 22.8. The van der Waals surface area contributed by atoms with Crippen molar-refractivity contribution >= 4 is 12.1 Å². The third kappa shape index (κ3) is 7.03. The highest BCUT2D eigenvalue weighted by Crippen LogP contribution is 2.10. The van der Waals surface area contributed by atoms with Crippen LogP contribution < -0.4 is 0 Å². The number of carbonyl (C=O) groups excluding carboxylic acids is 1. The molecule has 0 unspecified atom stereocenters. The Hall–Kier alpha value is -1.33. The first-order valence-electron chi connectivity index (χ1n) is 4.95. The normalized spacial score (nSPS) is 13.1. The van der Waals surface area contributed by atoms with Crippen LogP contribution in [-0.2, 0) is 9.53 Å². The Morgan fingerprint density at radius 1 is 1.44 bits per heavy atom. The molecule has 0 fully saturated rings. The van der Waals surface area contributed by atoms with Crippen LogP contribution in [0.15, 0.2) is 0 Å². The summed E-state index contributed by atoms with van der Waals surface area (Å²) in [7, 11) is 0. The fraction of sp³-hybridized carbons (Fsp3) is 0.800. The van der Waals surface area contributed by atoms with E-state index in [2.05, 4.69) is 0 Å². The molecule has 0 aromatic carbocycles. The van der Waals surface area contributed by atoms with Crippen molar-refractivity contribution in [2.45, 2.75) is 39.5 Å². The summed E-state index contributed by atoms with van der Waals surface area (Å²) in [6.45, 7) is 5.36. The molecule has 0 aromatic heterocycles. The second kappa shape index (κ2) is 5.67. The van der Waals surface area contributed by atoms with Crippen LogP contribution in [-0.4, -0.2) is 46.9 Å². The molecule has 0 aliphatic carbocycles. The van der Waals surface area contributed by atoms with Crippen LogP contribution in [0.1, 0.15) is 27.7 Å². The number of aliphatic carboxylic acids is 1. The first-order valence-corrected chi connectivity index (χ1v) is 4.95. The summed E-state index contributed by atoms with van der Waals surface area (Å²) >= 11 is 0. The van der Waals surface area contributed by atoms with Crippen LogP contribution in [0.4, 0.5) is 9.18 Å². The predicted molar refractivity (Wildman–Crippen MR) is 56.0 cm³/mol. The number of carboxylic acids is 1. The molecule has 0 radical (unpaired) electrons. The van der Waals surface area contributed by atoms with Gasteiger partial charge in [-0.1, -0.05) is 0 Å². The van der Waals surface area contributed by atoms with E-state index in [-0.39, 0.29) is 6.54 Å². The number of nitrogens with zero attached hydrogens (tertiary/aromatic N) is 1. The highest BCUT2D eigenvalue weighted by molar-refractivity contribution is 5.76. The van der Waals surface area contributed by atoms with Crippen LogP contribution >= 0.6 is 0 Å². The Kier molecular flexibility index (Phi) is 5.20. The zero-order chi connectivity index (χ0) is 12.9. The minimum atomic E-state index is -1.30. The number of amides is 1. The summed E-state index contributed by atoms with van der Waals surface area (Å²) in [6.07, 6.45) is -2.12. The van der Waals surface area contributed by atoms with Gasteiger partial charge in [0.05, 0.1) is 6.54 Å². The van der Waals surface area contributed by atoms with Gasteiger partial charge in [-0.05, 0) is 27.7 Å². The number of carboxylic acid groups (broad SMARTS) is 1. The zero-order valence-electron chi connectivity index (χ0n) is 9.99. The molecule has 0 spiro atoms. The van der Waals surface area contributed by atoms with Crippen LogP contribution in [0.3, 0.4) is 0 Å². The monoisotopic (exact) mass is 235 g/mol. The average Bonchev–Trinajstić information content (AvgIpc) is 1.97. The van der Waals surface area contributed by atoms with Crippen LogP contribution in [0.5, 0.6) is 0 Å². The van der Waals surface area contributed by atoms with Crippen molar-refractivity contribution in [3.05, 3.63) is 0 Å². The van der Waals surface area contributed by atoms with Gasteiger partial charge in [0.15, 0.2) is 0 Å². The molecule has 6 heteroatoms. The standard InChI is InChI=1S/C10H18FNO4/c1-7(11)5-12(6-8(13)14)9(15)16-10(2,3)4/h7H,5-6H2,1-4H3,(H,13,14)/t7-/m1/s1. The molecule has 1 atom stereocenters. The molecule has 0 aromatic rings. The third-order valence-electron chi connectivity index (χ3n) is 1.45. The Morgan fingerprint density at radius 2 is 1.94 bits per heavy atom. The highest BCUT2D eigenvalue weighted by Gasteiger charge is 2.24. The summed E-state index contributed by atoms with van der Waals surface area (Å²) in [6, 6.07) is 0. The van der Waals surface area contributed by atoms with Crippen molar-refractivity contribution in [3.63, 3.8) is 0 Å². The Bertz CT molecular complexity index is 260. The number of ether oxygens (including phenoxy) is 1. The smallest absolute Gasteiger partial charge is 0.410 e. The molecule has 0 aliphatic rings. The Balaban J connectivity index is 4.49. The second-order valence-corrected chi connectivity index (χ2v) is 4.54. The van der Waals surface area contributed by atoms with Gasteiger partial charge in [-0.15, -0.1) is 0 Å². The lowest BCUT2D eigenvalue weighted by atomic mass is 10.2. The van der Waals surface area contributed by atoms with Gasteiger partial charge in [-0.25, -0.2) is 9.18 Å². The van der Waals surface area contributed by atoms with E-state index in [0.717, 1.165) is 4.90 Å². The Morgan fingerprint density at radius 3 is 2.25 bits per heavy atom. The highest BCUT2D eigenvalue weighted by atomic mass is 19.1. The lowest BCUT2D eigenvalue weighted by Gasteiger charge is -2.26. The van der Waals surface area contributed by atoms with Crippen molar-refractivity contribution in [1.29, 1.82) is 0 Å². The minimum absolute atomic E-state index is 0.290. The average molecular weight is 235 g/mol. The van der Waals surface area contributed by atoms with Gasteiger partial charge in [0.25, 0.3) is 0 Å². The first kappa shape index (κ1) is 14.7. The Labute approximate surface area is 94.2 Å². The largest absolute Gasteiger partial charge is 0.480 e. The maximum absolute atomic E-state index is 12.8. The number of halogens is 1. The third-order valence-corrected chi connectivity index (χ3v) is 1.45. The predicted octanol–water partition coefficient (Wildman–Crippen LogP) is 1.67. The van der Waals surface area contributed by atoms with Crippen molar-refractivity contribution in [2.24, 2.45) is 0 Å². The minimum Gasteiger partial charge on any atom is -0.480 e. The van der Waals surface area contributed by atoms with Crippen molar-refractivity contribution in [1.82, 2.24) is 4.90 Å². The van der Waals surface area contributed by atoms with Crippen LogP contribution in [0.2, 0.25) is 0 Å². The molecule has 0 rings (SSSR count). The summed E-state index contributed by atoms with van der Waals surface area (Å²) in [5.41, 5.74) is -0.729. The van der Waals surface area contributed by atoms with E-state index in [0.29, 0.717) is 0 Å². The molecule has 1 amide bonds. The molecule has 1 N–H and O–H groups in total. The molecular formula is C10H18FNO4. The van der Waals surface area contributed by atoms with E-state index < -0.39 is 30.4 Å². The van der Waals surface area contributed by atoms with Crippen molar-refractivity contribution < 1.29 is 23.8 Å². The summed E-state index contributed by atoms with van der Waals surface area (Å²) in [5.74, 6) is -1.20. The van der Waals surface area contributed by atoms with E-state index >= 15 is 0 Å². The molecule has 5 nitrogen and oxygen atoms in total. The van der Waals surface area contributed by atoms with E-state index in [1.165, 1.54) is 6.92 Å². The molecular weight excluding hydrogens is 217 g/mol.